The van der Waals surface area contributed by atoms with E-state index in [1.807, 2.05) is 30.4 Å². The van der Waals surface area contributed by atoms with Crippen LogP contribution in [0.1, 0.15) is 102 Å². The van der Waals surface area contributed by atoms with Crippen molar-refractivity contribution >= 4 is 29.6 Å². The first-order valence-corrected chi connectivity index (χ1v) is 12.5. The van der Waals surface area contributed by atoms with Crippen LogP contribution >= 0.6 is 12.2 Å². The highest BCUT2D eigenvalue weighted by Gasteiger charge is 1.95. The van der Waals surface area contributed by atoms with E-state index in [4.69, 9.17) is 12.2 Å². The van der Waals surface area contributed by atoms with Gasteiger partial charge in [-0.15, -0.1) is 0 Å². The summed E-state index contributed by atoms with van der Waals surface area (Å²) < 4.78 is 0. The van der Waals surface area contributed by atoms with Crippen LogP contribution in [0.25, 0.3) is 6.08 Å². The summed E-state index contributed by atoms with van der Waals surface area (Å²) in [6.45, 7) is 3.20. The molecule has 3 nitrogen and oxygen atoms in total. The van der Waals surface area contributed by atoms with E-state index in [1.54, 1.807) is 6.21 Å². The number of hydrogen-bond donors (Lipinski definition) is 2. The van der Waals surface area contributed by atoms with Crippen LogP contribution in [-0.2, 0) is 0 Å². The topological polar surface area (TPSA) is 36.4 Å². The molecule has 0 amide bonds. The summed E-state index contributed by atoms with van der Waals surface area (Å²) in [6.07, 6.45) is 25.0. The third-order valence-electron chi connectivity index (χ3n) is 5.23. The van der Waals surface area contributed by atoms with Crippen LogP contribution in [0.5, 0.6) is 0 Å². The molecule has 0 saturated heterocycles. The number of nitrogens with one attached hydrogen (secondary N) is 2. The SMILES string of the molecule is CCCCCCCCCCCCCCCCNC(=S)N/N=C\C=C\c1ccccc1. The average molecular weight is 430 g/mol. The van der Waals surface area contributed by atoms with Crippen LogP contribution in [0.4, 0.5) is 0 Å². The summed E-state index contributed by atoms with van der Waals surface area (Å²) in [5.41, 5.74) is 4.01. The van der Waals surface area contributed by atoms with Gasteiger partial charge < -0.3 is 5.32 Å². The number of unbranched alkanes of at least 4 members (excludes halogenated alkanes) is 13. The lowest BCUT2D eigenvalue weighted by molar-refractivity contribution is 0.535. The van der Waals surface area contributed by atoms with Gasteiger partial charge >= 0.3 is 0 Å². The van der Waals surface area contributed by atoms with Gasteiger partial charge in [0.25, 0.3) is 0 Å². The molecule has 0 bridgehead atoms. The van der Waals surface area contributed by atoms with E-state index in [9.17, 15) is 0 Å². The summed E-state index contributed by atoms with van der Waals surface area (Å²) in [5.74, 6) is 0. The Bertz CT molecular complexity index is 569. The lowest BCUT2D eigenvalue weighted by Gasteiger charge is -2.06. The molecule has 0 aromatic heterocycles. The summed E-state index contributed by atoms with van der Waals surface area (Å²) in [5, 5.41) is 7.92. The minimum atomic E-state index is 0.592. The first-order chi connectivity index (χ1) is 14.8. The van der Waals surface area contributed by atoms with Gasteiger partial charge in [-0.2, -0.15) is 5.10 Å². The molecule has 4 heteroatoms. The zero-order chi connectivity index (χ0) is 21.5. The second-order valence-corrected chi connectivity index (χ2v) is 8.42. The maximum atomic E-state index is 5.24. The van der Waals surface area contributed by atoms with Crippen molar-refractivity contribution in [3.63, 3.8) is 0 Å². The molecule has 0 heterocycles. The predicted octanol–water partition coefficient (Wildman–Crippen LogP) is 7.63. The highest BCUT2D eigenvalue weighted by Crippen LogP contribution is 2.12. The van der Waals surface area contributed by atoms with E-state index in [1.165, 1.54) is 83.5 Å². The standard InChI is InChI=1S/C26H43N3S/c1-2-3-4-5-6-7-8-9-10-11-12-13-14-18-23-27-26(30)29-28-24-19-22-25-20-16-15-17-21-25/h15-17,19-22,24H,2-14,18,23H2,1H3,(H2,27,29,30)/b22-19+,28-24-. The van der Waals surface area contributed by atoms with Crippen LogP contribution in [0.15, 0.2) is 41.5 Å². The molecule has 2 N–H and O–H groups in total. The molecule has 30 heavy (non-hydrogen) atoms. The van der Waals surface area contributed by atoms with Crippen molar-refractivity contribution in [2.75, 3.05) is 6.54 Å². The monoisotopic (exact) mass is 429 g/mol. The summed E-state index contributed by atoms with van der Waals surface area (Å²) >= 11 is 5.24. The van der Waals surface area contributed by atoms with Crippen LogP contribution in [0, 0.1) is 0 Å². The molecular weight excluding hydrogens is 386 g/mol. The number of hydrazone groups is 1. The maximum Gasteiger partial charge on any atom is 0.186 e. The normalized spacial score (nSPS) is 11.4. The number of rotatable bonds is 18. The molecule has 0 aliphatic carbocycles. The molecule has 0 spiro atoms. The first kappa shape index (κ1) is 26.4. The van der Waals surface area contributed by atoms with Crippen LogP contribution < -0.4 is 10.7 Å². The molecule has 1 rings (SSSR count). The molecule has 0 saturated carbocycles. The fraction of sp³-hybridized carbons (Fsp3) is 0.615. The van der Waals surface area contributed by atoms with Crippen molar-refractivity contribution in [2.24, 2.45) is 5.10 Å². The zero-order valence-electron chi connectivity index (χ0n) is 19.1. The Labute approximate surface area is 190 Å². The van der Waals surface area contributed by atoms with Gasteiger partial charge in [0, 0.05) is 12.8 Å². The zero-order valence-corrected chi connectivity index (χ0v) is 19.9. The van der Waals surface area contributed by atoms with Gasteiger partial charge in [-0.1, -0.05) is 127 Å². The first-order valence-electron chi connectivity index (χ1n) is 12.1. The minimum absolute atomic E-state index is 0.592. The Morgan fingerprint density at radius 3 is 1.90 bits per heavy atom. The smallest absolute Gasteiger partial charge is 0.186 e. The fourth-order valence-corrected chi connectivity index (χ4v) is 3.57. The molecule has 0 aliphatic rings. The Morgan fingerprint density at radius 1 is 0.800 bits per heavy atom. The molecule has 0 fully saturated rings. The Kier molecular flexibility index (Phi) is 18.1. The minimum Gasteiger partial charge on any atom is -0.361 e. The largest absolute Gasteiger partial charge is 0.361 e. The fourth-order valence-electron chi connectivity index (χ4n) is 3.42. The Balaban J connectivity index is 1.82. The van der Waals surface area contributed by atoms with Gasteiger partial charge in [0.1, 0.15) is 0 Å². The number of nitrogens with zero attached hydrogens (tertiary/aromatic N) is 1. The summed E-state index contributed by atoms with van der Waals surface area (Å²) in [7, 11) is 0. The molecular formula is C26H43N3S. The summed E-state index contributed by atoms with van der Waals surface area (Å²) in [6, 6.07) is 10.2. The number of benzene rings is 1. The quantitative estimate of drug-likeness (QED) is 0.109. The van der Waals surface area contributed by atoms with Crippen molar-refractivity contribution in [3.05, 3.63) is 42.0 Å². The predicted molar refractivity (Wildman–Crippen MR) is 138 cm³/mol. The van der Waals surface area contributed by atoms with E-state index in [2.05, 4.69) is 34.9 Å². The van der Waals surface area contributed by atoms with Gasteiger partial charge in [0.2, 0.25) is 0 Å². The number of hydrogen-bond acceptors (Lipinski definition) is 2. The van der Waals surface area contributed by atoms with Crippen molar-refractivity contribution in [2.45, 2.75) is 96.8 Å². The molecule has 1 aromatic rings. The Hall–Kier alpha value is -1.68. The number of thiocarbonyl (C=S) groups is 1. The van der Waals surface area contributed by atoms with Crippen LogP contribution in [0.2, 0.25) is 0 Å². The molecule has 0 atom stereocenters. The second kappa shape index (κ2) is 20.6. The van der Waals surface area contributed by atoms with Crippen LogP contribution in [0.3, 0.4) is 0 Å². The maximum absolute atomic E-state index is 5.24. The van der Waals surface area contributed by atoms with Crippen molar-refractivity contribution in [3.8, 4) is 0 Å². The Morgan fingerprint density at radius 2 is 1.33 bits per heavy atom. The van der Waals surface area contributed by atoms with Crippen LogP contribution in [-0.4, -0.2) is 17.9 Å². The second-order valence-electron chi connectivity index (χ2n) is 8.01. The highest BCUT2D eigenvalue weighted by atomic mass is 32.1. The van der Waals surface area contributed by atoms with Crippen molar-refractivity contribution in [1.29, 1.82) is 0 Å². The van der Waals surface area contributed by atoms with Gasteiger partial charge in [0.15, 0.2) is 5.11 Å². The van der Waals surface area contributed by atoms with E-state index in [0.29, 0.717) is 5.11 Å². The lowest BCUT2D eigenvalue weighted by Crippen LogP contribution is -2.32. The third kappa shape index (κ3) is 17.2. The van der Waals surface area contributed by atoms with E-state index in [-0.39, 0.29) is 0 Å². The molecule has 0 radical (unpaired) electrons. The average Bonchev–Trinajstić information content (AvgIpc) is 2.77. The molecule has 1 aromatic carbocycles. The van der Waals surface area contributed by atoms with Crippen molar-refractivity contribution in [1.82, 2.24) is 10.7 Å². The highest BCUT2D eigenvalue weighted by molar-refractivity contribution is 7.80. The lowest BCUT2D eigenvalue weighted by atomic mass is 10.0. The van der Waals surface area contributed by atoms with Gasteiger partial charge in [-0.05, 0) is 30.3 Å². The number of allylic oxidation sites excluding steroid dienone is 1. The van der Waals surface area contributed by atoms with Gasteiger partial charge in [-0.25, -0.2) is 0 Å². The molecule has 0 aliphatic heterocycles. The van der Waals surface area contributed by atoms with Crippen molar-refractivity contribution < 1.29 is 0 Å². The molecule has 0 unspecified atom stereocenters. The van der Waals surface area contributed by atoms with Gasteiger partial charge in [-0.3, -0.25) is 5.43 Å². The third-order valence-corrected chi connectivity index (χ3v) is 5.47. The summed E-state index contributed by atoms with van der Waals surface area (Å²) in [4.78, 5) is 0. The molecule has 168 valence electrons. The van der Waals surface area contributed by atoms with E-state index in [0.717, 1.165) is 18.5 Å². The van der Waals surface area contributed by atoms with E-state index < -0.39 is 0 Å². The van der Waals surface area contributed by atoms with Gasteiger partial charge in [0.05, 0.1) is 0 Å². The van der Waals surface area contributed by atoms with E-state index >= 15 is 0 Å².